The van der Waals surface area contributed by atoms with Crippen molar-refractivity contribution in [1.29, 1.82) is 0 Å². The van der Waals surface area contributed by atoms with Gasteiger partial charge in [0.1, 0.15) is 29.5 Å². The molecule has 1 amide bonds. The molecule has 1 aromatic carbocycles. The predicted octanol–water partition coefficient (Wildman–Crippen LogP) is 3.22. The first-order valence-corrected chi connectivity index (χ1v) is 11.9. The van der Waals surface area contributed by atoms with E-state index in [9.17, 15) is 36.5 Å². The number of carbonyl (C=O) groups excluding carboxylic acids is 1. The summed E-state index contributed by atoms with van der Waals surface area (Å²) in [5, 5.41) is 14.0. The van der Waals surface area contributed by atoms with E-state index in [1.54, 1.807) is 12.3 Å². The van der Waals surface area contributed by atoms with Gasteiger partial charge in [0.05, 0.1) is 16.0 Å². The summed E-state index contributed by atoms with van der Waals surface area (Å²) in [5.74, 6) is -2.70. The molecule has 0 spiro atoms. The molecule has 1 aliphatic carbocycles. The second-order valence-corrected chi connectivity index (χ2v) is 10.1. The zero-order valence-corrected chi connectivity index (χ0v) is 19.4. The normalized spacial score (nSPS) is 19.6. The molecule has 15 heteroatoms. The van der Waals surface area contributed by atoms with Crippen LogP contribution in [0, 0.1) is 16.0 Å². The first-order valence-electron chi connectivity index (χ1n) is 10.5. The number of anilines is 1. The minimum absolute atomic E-state index is 0.0557. The highest BCUT2D eigenvalue weighted by Crippen LogP contribution is 2.41. The van der Waals surface area contributed by atoms with Crippen LogP contribution in [-0.2, 0) is 14.6 Å². The van der Waals surface area contributed by atoms with E-state index in [2.05, 4.69) is 9.97 Å². The number of nitrogens with zero attached hydrogens (tertiary/aromatic N) is 2. The zero-order valence-electron chi connectivity index (χ0n) is 18.6. The Morgan fingerprint density at radius 2 is 2.03 bits per heavy atom. The summed E-state index contributed by atoms with van der Waals surface area (Å²) >= 11 is 0. The summed E-state index contributed by atoms with van der Waals surface area (Å²) < 4.78 is 71.7. The highest BCUT2D eigenvalue weighted by molar-refractivity contribution is 7.93. The Morgan fingerprint density at radius 3 is 2.70 bits per heavy atom. The fourth-order valence-electron chi connectivity index (χ4n) is 3.82. The Labute approximate surface area is 206 Å². The van der Waals surface area contributed by atoms with Crippen molar-refractivity contribution in [2.24, 2.45) is 11.7 Å². The predicted molar refractivity (Wildman–Crippen MR) is 125 cm³/mol. The lowest BCUT2D eigenvalue weighted by Gasteiger charge is -2.36. The topological polar surface area (TPSA) is 170 Å². The number of primary amides is 1. The van der Waals surface area contributed by atoms with Crippen LogP contribution < -0.4 is 15.8 Å². The van der Waals surface area contributed by atoms with E-state index in [0.717, 1.165) is 18.2 Å². The monoisotopic (exact) mass is 537 g/mol. The van der Waals surface area contributed by atoms with Gasteiger partial charge in [-0.1, -0.05) is 18.2 Å². The van der Waals surface area contributed by atoms with Gasteiger partial charge in [-0.3, -0.25) is 14.9 Å². The number of nitro groups is 1. The van der Waals surface area contributed by atoms with Gasteiger partial charge in [-0.15, -0.1) is 0 Å². The Hall–Kier alpha value is -4.40. The largest absolute Gasteiger partial charge is 0.464 e. The molecule has 4 rings (SSSR count). The number of benzene rings is 1. The minimum atomic E-state index is -4.82. The van der Waals surface area contributed by atoms with Gasteiger partial charge in [-0.25, -0.2) is 13.4 Å². The Bertz CT molecular complexity index is 1550. The molecule has 0 aliphatic heterocycles. The molecule has 194 valence electrons. The van der Waals surface area contributed by atoms with Gasteiger partial charge in [0.2, 0.25) is 20.7 Å². The molecule has 11 nitrogen and oxygen atoms in total. The first kappa shape index (κ1) is 25.7. The van der Waals surface area contributed by atoms with Crippen LogP contribution in [0.5, 0.6) is 5.75 Å². The summed E-state index contributed by atoms with van der Waals surface area (Å²) in [5.41, 5.74) is 4.51. The van der Waals surface area contributed by atoms with Crippen LogP contribution in [0.4, 0.5) is 24.5 Å². The number of hydrogen-bond acceptors (Lipinski definition) is 8. The molecule has 2 aromatic heterocycles. The molecule has 4 N–H and O–H groups in total. The number of hydrogen-bond donors (Lipinski definition) is 3. The van der Waals surface area contributed by atoms with E-state index < -0.39 is 60.5 Å². The van der Waals surface area contributed by atoms with Gasteiger partial charge < -0.3 is 20.8 Å². The number of nitrogens with one attached hydrogen (secondary N) is 2. The number of pyridine rings is 1. The average molecular weight is 537 g/mol. The van der Waals surface area contributed by atoms with E-state index in [0.29, 0.717) is 17.1 Å². The second kappa shape index (κ2) is 9.24. The molecule has 0 saturated carbocycles. The maximum Gasteiger partial charge on any atom is 0.405 e. The number of amides is 1. The molecule has 0 fully saturated rings. The maximum absolute atomic E-state index is 14.0. The molecular weight excluding hydrogens is 519 g/mol. The summed E-state index contributed by atoms with van der Waals surface area (Å²) in [7, 11) is -4.82. The Kier molecular flexibility index (Phi) is 6.41. The van der Waals surface area contributed by atoms with Gasteiger partial charge in [0.15, 0.2) is 0 Å². The van der Waals surface area contributed by atoms with Crippen LogP contribution in [0.15, 0.2) is 71.9 Å². The van der Waals surface area contributed by atoms with E-state index in [1.807, 2.05) is 5.32 Å². The minimum Gasteiger partial charge on any atom is -0.464 e. The number of aromatic amines is 1. The fourth-order valence-corrected chi connectivity index (χ4v) is 5.70. The van der Waals surface area contributed by atoms with Gasteiger partial charge >= 0.3 is 6.18 Å². The summed E-state index contributed by atoms with van der Waals surface area (Å²) in [6.45, 7) is -1.58. The van der Waals surface area contributed by atoms with Crippen LogP contribution in [0.3, 0.4) is 0 Å². The van der Waals surface area contributed by atoms with Gasteiger partial charge in [0, 0.05) is 17.6 Å². The third-order valence-electron chi connectivity index (χ3n) is 5.51. The van der Waals surface area contributed by atoms with E-state index >= 15 is 0 Å². The lowest BCUT2D eigenvalue weighted by atomic mass is 9.96. The molecule has 0 saturated heterocycles. The van der Waals surface area contributed by atoms with Crippen molar-refractivity contribution < 1.29 is 36.0 Å². The van der Waals surface area contributed by atoms with Crippen molar-refractivity contribution in [3.8, 4) is 5.75 Å². The molecule has 1 aliphatic rings. The quantitative estimate of drug-likeness (QED) is 0.290. The number of sulfone groups is 1. The number of carbonyl (C=O) groups is 1. The van der Waals surface area contributed by atoms with Gasteiger partial charge in [-0.2, -0.15) is 13.2 Å². The van der Waals surface area contributed by atoms with Crippen molar-refractivity contribution >= 4 is 38.2 Å². The number of ether oxygens (including phenoxy) is 1. The van der Waals surface area contributed by atoms with Crippen molar-refractivity contribution in [2.45, 2.75) is 16.0 Å². The number of halogens is 3. The van der Waals surface area contributed by atoms with Crippen LogP contribution in [0.2, 0.25) is 0 Å². The van der Waals surface area contributed by atoms with Crippen LogP contribution in [0.25, 0.3) is 11.0 Å². The number of allylic oxidation sites excluding steroid dienone is 2. The van der Waals surface area contributed by atoms with Crippen molar-refractivity contribution in [2.75, 3.05) is 11.9 Å². The highest BCUT2D eigenvalue weighted by atomic mass is 32.2. The number of fused-ring (bicyclic) bond motifs is 1. The smallest absolute Gasteiger partial charge is 0.405 e. The molecule has 2 heterocycles. The number of alkyl halides is 3. The number of aromatic nitrogens is 2. The van der Waals surface area contributed by atoms with Crippen molar-refractivity contribution in [3.05, 3.63) is 77.1 Å². The molecule has 0 radical (unpaired) electrons. The summed E-state index contributed by atoms with van der Waals surface area (Å²) in [6, 6.07) is 5.42. The molecule has 3 aromatic rings. The van der Waals surface area contributed by atoms with E-state index in [1.165, 1.54) is 30.5 Å². The molecule has 2 atom stereocenters. The highest BCUT2D eigenvalue weighted by Gasteiger charge is 2.54. The number of H-pyrrole nitrogens is 1. The van der Waals surface area contributed by atoms with E-state index in [4.69, 9.17) is 10.5 Å². The number of rotatable bonds is 8. The average Bonchev–Trinajstić information content (AvgIpc) is 3.30. The fraction of sp³-hybridized carbons (Fsp3) is 0.182. The Morgan fingerprint density at radius 1 is 1.27 bits per heavy atom. The SMILES string of the molecule is NC(=O)C1C=CC=CC1(Oc1cnc2[nH]ccc2c1)S(=O)(=O)c1ccc(NCC(F)(F)F)c([N+](=O)[O-])c1. The lowest BCUT2D eigenvalue weighted by Crippen LogP contribution is -2.53. The van der Waals surface area contributed by atoms with Crippen molar-refractivity contribution in [3.63, 3.8) is 0 Å². The molecule has 37 heavy (non-hydrogen) atoms. The molecule has 2 unspecified atom stereocenters. The Balaban J connectivity index is 1.85. The summed E-state index contributed by atoms with van der Waals surface area (Å²) in [4.78, 5) is 26.7. The second-order valence-electron chi connectivity index (χ2n) is 7.94. The van der Waals surface area contributed by atoms with E-state index in [-0.39, 0.29) is 5.75 Å². The number of nitrogens with two attached hydrogens (primary N) is 1. The van der Waals surface area contributed by atoms with Gasteiger partial charge in [-0.05, 0) is 30.3 Å². The molecular formula is C22H18F3N5O6S. The standard InChI is InChI=1S/C22H18F3N5O6S/c23-22(24,25)12-29-17-5-4-15(10-18(17)30(32)33)37(34,35)21(7-2-1-3-16(21)19(26)31)36-14-9-13-6-8-27-20(13)28-11-14/h1-11,16,29H,12H2,(H2,26,31)(H,27,28). The van der Waals surface area contributed by atoms with Gasteiger partial charge in [0.25, 0.3) is 5.69 Å². The maximum atomic E-state index is 14.0. The zero-order chi connectivity index (χ0) is 27.0. The third-order valence-corrected chi connectivity index (χ3v) is 7.70. The van der Waals surface area contributed by atoms with Crippen LogP contribution >= 0.6 is 0 Å². The van der Waals surface area contributed by atoms with Crippen LogP contribution in [0.1, 0.15) is 0 Å². The third kappa shape index (κ3) is 4.84. The first-order chi connectivity index (χ1) is 17.3. The lowest BCUT2D eigenvalue weighted by molar-refractivity contribution is -0.384. The number of nitro benzene ring substituents is 1. The summed E-state index contributed by atoms with van der Waals surface area (Å²) in [6.07, 6.45) is 3.08. The van der Waals surface area contributed by atoms with Crippen LogP contribution in [-0.4, -0.2) is 46.9 Å². The van der Waals surface area contributed by atoms with Crippen molar-refractivity contribution in [1.82, 2.24) is 9.97 Å². The molecule has 0 bridgehead atoms.